The van der Waals surface area contributed by atoms with Crippen molar-refractivity contribution >= 4 is 0 Å². The summed E-state index contributed by atoms with van der Waals surface area (Å²) in [7, 11) is 1.52. The third-order valence-electron chi connectivity index (χ3n) is 4.46. The number of nitrogens with one attached hydrogen (secondary N) is 1. The number of ether oxygens (including phenoxy) is 2. The van der Waals surface area contributed by atoms with Gasteiger partial charge in [-0.05, 0) is 17.7 Å². The van der Waals surface area contributed by atoms with Crippen LogP contribution in [0.15, 0.2) is 40.1 Å². The Morgan fingerprint density at radius 1 is 1.26 bits per heavy atom. The Morgan fingerprint density at radius 3 is 2.56 bits per heavy atom. The largest absolute Gasteiger partial charge is 0.497 e. The highest BCUT2D eigenvalue weighted by atomic mass is 19.1. The molecule has 0 radical (unpaired) electrons. The molecule has 146 valence electrons. The van der Waals surface area contributed by atoms with Crippen LogP contribution in [0.4, 0.5) is 4.39 Å². The lowest BCUT2D eigenvalue weighted by Gasteiger charge is -2.21. The van der Waals surface area contributed by atoms with E-state index in [-0.39, 0.29) is 6.42 Å². The number of benzene rings is 1. The van der Waals surface area contributed by atoms with Gasteiger partial charge in [-0.3, -0.25) is 14.3 Å². The molecule has 0 aliphatic carbocycles. The van der Waals surface area contributed by atoms with Crippen LogP contribution in [-0.4, -0.2) is 56.4 Å². The fourth-order valence-corrected chi connectivity index (χ4v) is 3.00. The highest BCUT2D eigenvalue weighted by Crippen LogP contribution is 2.31. The topological polar surface area (TPSA) is 134 Å². The number of hydrogen-bond donors (Lipinski definition) is 4. The van der Waals surface area contributed by atoms with E-state index in [2.05, 4.69) is 0 Å². The fraction of sp³-hybridized carbons (Fsp3) is 0.412. The second-order valence-corrected chi connectivity index (χ2v) is 6.24. The minimum absolute atomic E-state index is 0.0973. The number of aromatic nitrogens is 2. The molecule has 0 saturated carbocycles. The number of aromatic amines is 1. The number of hydrogen-bond acceptors (Lipinski definition) is 7. The second kappa shape index (κ2) is 7.61. The lowest BCUT2D eigenvalue weighted by atomic mass is 9.99. The summed E-state index contributed by atoms with van der Waals surface area (Å²) < 4.78 is 24.6. The standard InChI is InChI=1S/C17H19FN2O7/c1-26-9-4-2-8(3-5-9)6-11(21)14-12(22)13(23)16(27-14)20-7-10(18)15(24)19-17(20)25/h2-5,7,11-14,16,21-23H,6H2,1H3,(H,19,24,25)/t11?,12-,13+,14+,16+/m0/s1. The molecule has 1 aromatic heterocycles. The number of H-pyrrole nitrogens is 1. The molecule has 1 saturated heterocycles. The number of halogens is 1. The van der Waals surface area contributed by atoms with Crippen molar-refractivity contribution in [3.05, 3.63) is 62.7 Å². The minimum Gasteiger partial charge on any atom is -0.497 e. The molecule has 1 aliphatic rings. The van der Waals surface area contributed by atoms with E-state index in [1.54, 1.807) is 29.2 Å². The van der Waals surface area contributed by atoms with Gasteiger partial charge in [0.1, 0.15) is 24.1 Å². The van der Waals surface area contributed by atoms with Crippen LogP contribution >= 0.6 is 0 Å². The van der Waals surface area contributed by atoms with Crippen molar-refractivity contribution in [1.29, 1.82) is 0 Å². The van der Waals surface area contributed by atoms with Crippen molar-refractivity contribution in [2.45, 2.75) is 37.1 Å². The fourth-order valence-electron chi connectivity index (χ4n) is 3.00. The average Bonchev–Trinajstić information content (AvgIpc) is 2.94. The van der Waals surface area contributed by atoms with Gasteiger partial charge in [-0.2, -0.15) is 4.39 Å². The molecule has 10 heteroatoms. The molecular formula is C17H19FN2O7. The summed E-state index contributed by atoms with van der Waals surface area (Å²) in [6.45, 7) is 0. The van der Waals surface area contributed by atoms with Crippen molar-refractivity contribution in [1.82, 2.24) is 9.55 Å². The van der Waals surface area contributed by atoms with Gasteiger partial charge in [0.05, 0.1) is 19.4 Å². The van der Waals surface area contributed by atoms with Crippen LogP contribution in [0.2, 0.25) is 0 Å². The highest BCUT2D eigenvalue weighted by Gasteiger charge is 2.47. The smallest absolute Gasteiger partial charge is 0.330 e. The molecule has 2 aromatic rings. The van der Waals surface area contributed by atoms with Crippen LogP contribution in [-0.2, 0) is 11.2 Å². The Labute approximate surface area is 152 Å². The molecule has 0 bridgehead atoms. The van der Waals surface area contributed by atoms with Crippen molar-refractivity contribution < 1.29 is 29.2 Å². The SMILES string of the molecule is COc1ccc(CC(O)[C@H]2O[C@@H](n3cc(F)c(=O)[nH]c3=O)[C@H](O)[C@@H]2O)cc1. The van der Waals surface area contributed by atoms with E-state index in [9.17, 15) is 29.3 Å². The Balaban J connectivity index is 1.78. The molecule has 1 fully saturated rings. The summed E-state index contributed by atoms with van der Waals surface area (Å²) in [6, 6.07) is 6.85. The number of aliphatic hydroxyl groups is 3. The Hall–Kier alpha value is -2.53. The molecular weight excluding hydrogens is 363 g/mol. The summed E-state index contributed by atoms with van der Waals surface area (Å²) in [5.41, 5.74) is -1.49. The molecule has 9 nitrogen and oxygen atoms in total. The number of rotatable bonds is 5. The maximum absolute atomic E-state index is 13.5. The maximum Gasteiger partial charge on any atom is 0.330 e. The number of methoxy groups -OCH3 is 1. The summed E-state index contributed by atoms with van der Waals surface area (Å²) in [5.74, 6) is -0.609. The third kappa shape index (κ3) is 3.78. The zero-order valence-corrected chi connectivity index (χ0v) is 14.3. The molecule has 0 spiro atoms. The van der Waals surface area contributed by atoms with Crippen LogP contribution < -0.4 is 16.0 Å². The van der Waals surface area contributed by atoms with E-state index in [1.807, 2.05) is 0 Å². The van der Waals surface area contributed by atoms with E-state index in [0.717, 1.165) is 5.56 Å². The number of aliphatic hydroxyl groups excluding tert-OH is 3. The predicted octanol–water partition coefficient (Wildman–Crippen LogP) is -1.09. The van der Waals surface area contributed by atoms with Crippen molar-refractivity contribution in [3.63, 3.8) is 0 Å². The van der Waals surface area contributed by atoms with Crippen LogP contribution in [0.3, 0.4) is 0 Å². The van der Waals surface area contributed by atoms with Gasteiger partial charge >= 0.3 is 5.69 Å². The molecule has 27 heavy (non-hydrogen) atoms. The second-order valence-electron chi connectivity index (χ2n) is 6.24. The first kappa shape index (κ1) is 19.2. The van der Waals surface area contributed by atoms with Crippen molar-refractivity contribution in [2.24, 2.45) is 0 Å². The lowest BCUT2D eigenvalue weighted by Crippen LogP contribution is -2.40. The Morgan fingerprint density at radius 2 is 1.93 bits per heavy atom. The van der Waals surface area contributed by atoms with Gasteiger partial charge in [-0.15, -0.1) is 0 Å². The van der Waals surface area contributed by atoms with Crippen LogP contribution in [0, 0.1) is 5.82 Å². The first-order valence-corrected chi connectivity index (χ1v) is 8.15. The van der Waals surface area contributed by atoms with E-state index in [4.69, 9.17) is 9.47 Å². The molecule has 0 amide bonds. The molecule has 3 rings (SSSR count). The van der Waals surface area contributed by atoms with Gasteiger partial charge in [-0.1, -0.05) is 12.1 Å². The minimum atomic E-state index is -1.61. The monoisotopic (exact) mass is 382 g/mol. The number of nitrogens with zero attached hydrogens (tertiary/aromatic N) is 1. The normalized spacial score (nSPS) is 26.1. The van der Waals surface area contributed by atoms with Gasteiger partial charge in [0, 0.05) is 6.42 Å². The predicted molar refractivity (Wildman–Crippen MR) is 89.9 cm³/mol. The summed E-state index contributed by atoms with van der Waals surface area (Å²) in [4.78, 5) is 24.7. The zero-order valence-electron chi connectivity index (χ0n) is 14.3. The first-order chi connectivity index (χ1) is 12.8. The van der Waals surface area contributed by atoms with E-state index in [1.165, 1.54) is 7.11 Å². The summed E-state index contributed by atoms with van der Waals surface area (Å²) in [5, 5.41) is 30.8. The van der Waals surface area contributed by atoms with E-state index >= 15 is 0 Å². The van der Waals surface area contributed by atoms with Crippen LogP contribution in [0.25, 0.3) is 0 Å². The highest BCUT2D eigenvalue weighted by molar-refractivity contribution is 5.27. The van der Waals surface area contributed by atoms with Crippen LogP contribution in [0.1, 0.15) is 11.8 Å². The Bertz CT molecular complexity index is 911. The van der Waals surface area contributed by atoms with Crippen LogP contribution in [0.5, 0.6) is 5.75 Å². The van der Waals surface area contributed by atoms with Gasteiger partial charge in [-0.25, -0.2) is 4.79 Å². The van der Waals surface area contributed by atoms with Gasteiger partial charge in [0.25, 0.3) is 5.56 Å². The Kier molecular flexibility index (Phi) is 5.42. The van der Waals surface area contributed by atoms with E-state index < -0.39 is 47.7 Å². The first-order valence-electron chi connectivity index (χ1n) is 8.15. The van der Waals surface area contributed by atoms with E-state index in [0.29, 0.717) is 16.5 Å². The molecule has 1 aromatic carbocycles. The average molecular weight is 382 g/mol. The summed E-state index contributed by atoms with van der Waals surface area (Å²) in [6.07, 6.45) is -6.35. The van der Waals surface area contributed by atoms with Gasteiger partial charge < -0.3 is 24.8 Å². The molecule has 1 unspecified atom stereocenters. The summed E-state index contributed by atoms with van der Waals surface area (Å²) >= 11 is 0. The molecule has 2 heterocycles. The third-order valence-corrected chi connectivity index (χ3v) is 4.46. The lowest BCUT2D eigenvalue weighted by molar-refractivity contribution is -0.0856. The zero-order chi connectivity index (χ0) is 19.7. The molecule has 4 N–H and O–H groups in total. The molecule has 1 aliphatic heterocycles. The van der Waals surface area contributed by atoms with Crippen molar-refractivity contribution in [2.75, 3.05) is 7.11 Å². The van der Waals surface area contributed by atoms with Gasteiger partial charge in [0.2, 0.25) is 5.82 Å². The molecule has 5 atom stereocenters. The maximum atomic E-state index is 13.5. The quantitative estimate of drug-likeness (QED) is 0.516. The van der Waals surface area contributed by atoms with Gasteiger partial charge in [0.15, 0.2) is 6.23 Å². The van der Waals surface area contributed by atoms with Crippen molar-refractivity contribution in [3.8, 4) is 5.75 Å².